The first-order chi connectivity index (χ1) is 9.91. The molecule has 7 heteroatoms. The maximum Gasteiger partial charge on any atom is 0.242 e. The van der Waals surface area contributed by atoms with Crippen LogP contribution in [0.15, 0.2) is 23.1 Å². The zero-order chi connectivity index (χ0) is 15.5. The summed E-state index contributed by atoms with van der Waals surface area (Å²) in [6, 6.07) is 4.75. The second-order valence-corrected chi connectivity index (χ2v) is 7.56. The van der Waals surface area contributed by atoms with E-state index in [1.165, 1.54) is 30.9 Å². The molecule has 0 aromatic heterocycles. The van der Waals surface area contributed by atoms with Gasteiger partial charge in [0.25, 0.3) is 0 Å². The first-order valence-corrected chi connectivity index (χ1v) is 8.53. The highest BCUT2D eigenvalue weighted by Gasteiger charge is 2.19. The second kappa shape index (κ2) is 6.64. The van der Waals surface area contributed by atoms with Crippen molar-refractivity contribution in [1.82, 2.24) is 4.31 Å². The molecule has 1 atom stereocenters. The first-order valence-electron chi connectivity index (χ1n) is 7.09. The van der Waals surface area contributed by atoms with Crippen molar-refractivity contribution in [2.75, 3.05) is 38.3 Å². The minimum Gasteiger partial charge on any atom is -0.397 e. The van der Waals surface area contributed by atoms with Gasteiger partial charge in [0.15, 0.2) is 0 Å². The molecule has 1 unspecified atom stereocenters. The number of hydrogen-bond donors (Lipinski definition) is 2. The van der Waals surface area contributed by atoms with E-state index in [4.69, 9.17) is 10.5 Å². The molecule has 3 N–H and O–H groups in total. The van der Waals surface area contributed by atoms with E-state index >= 15 is 0 Å². The molecule has 1 heterocycles. The summed E-state index contributed by atoms with van der Waals surface area (Å²) in [5, 5.41) is 3.23. The number of nitrogens with two attached hydrogens (primary N) is 1. The Morgan fingerprint density at radius 3 is 2.71 bits per heavy atom. The second-order valence-electron chi connectivity index (χ2n) is 5.41. The lowest BCUT2D eigenvalue weighted by atomic mass is 10.1. The average molecular weight is 313 g/mol. The zero-order valence-electron chi connectivity index (χ0n) is 12.5. The smallest absolute Gasteiger partial charge is 0.242 e. The van der Waals surface area contributed by atoms with Crippen molar-refractivity contribution in [3.05, 3.63) is 18.2 Å². The number of ether oxygens (including phenoxy) is 1. The number of anilines is 2. The van der Waals surface area contributed by atoms with Gasteiger partial charge < -0.3 is 15.8 Å². The third-order valence-electron chi connectivity index (χ3n) is 3.60. The number of nitrogens with one attached hydrogen (secondary N) is 1. The molecule has 21 heavy (non-hydrogen) atoms. The van der Waals surface area contributed by atoms with Crippen LogP contribution in [0.4, 0.5) is 11.4 Å². The molecule has 1 aromatic rings. The van der Waals surface area contributed by atoms with Gasteiger partial charge in [0.05, 0.1) is 22.4 Å². The highest BCUT2D eigenvalue weighted by atomic mass is 32.2. The van der Waals surface area contributed by atoms with Crippen LogP contribution in [0, 0.1) is 0 Å². The Bertz CT molecular complexity index is 581. The van der Waals surface area contributed by atoms with Crippen molar-refractivity contribution in [3.8, 4) is 0 Å². The predicted octanol–water partition coefficient (Wildman–Crippen LogP) is 1.50. The summed E-state index contributed by atoms with van der Waals surface area (Å²) in [6.07, 6.45) is 3.54. The molecular formula is C14H23N3O3S. The highest BCUT2D eigenvalue weighted by Crippen LogP contribution is 2.24. The number of rotatable bonds is 5. The van der Waals surface area contributed by atoms with Crippen LogP contribution in [0.3, 0.4) is 0 Å². The maximum atomic E-state index is 12.0. The van der Waals surface area contributed by atoms with E-state index in [1.54, 1.807) is 12.1 Å². The summed E-state index contributed by atoms with van der Waals surface area (Å²) in [4.78, 5) is 0.199. The van der Waals surface area contributed by atoms with E-state index in [2.05, 4.69) is 5.32 Å². The van der Waals surface area contributed by atoms with Gasteiger partial charge in [-0.3, -0.25) is 0 Å². The van der Waals surface area contributed by atoms with Crippen molar-refractivity contribution in [2.45, 2.75) is 30.3 Å². The molecule has 2 rings (SSSR count). The Kier molecular flexibility index (Phi) is 5.08. The van der Waals surface area contributed by atoms with Crippen LogP contribution in [0.1, 0.15) is 19.3 Å². The number of sulfonamides is 1. The van der Waals surface area contributed by atoms with Gasteiger partial charge in [-0.25, -0.2) is 12.7 Å². The summed E-state index contributed by atoms with van der Waals surface area (Å²) >= 11 is 0. The molecule has 1 fully saturated rings. The molecular weight excluding hydrogens is 290 g/mol. The standard InChI is InChI=1S/C14H23N3O3S/c1-17(2)21(18,19)12-6-7-14(13(15)9-12)16-10-11-5-3-4-8-20-11/h6-7,9,11,16H,3-5,8,10,15H2,1-2H3. The molecule has 1 aliphatic heterocycles. The van der Waals surface area contributed by atoms with Crippen LogP contribution in [-0.4, -0.2) is 46.1 Å². The van der Waals surface area contributed by atoms with Gasteiger partial charge >= 0.3 is 0 Å². The average Bonchev–Trinajstić information content (AvgIpc) is 2.46. The minimum atomic E-state index is -3.45. The van der Waals surface area contributed by atoms with Gasteiger partial charge in [-0.15, -0.1) is 0 Å². The fraction of sp³-hybridized carbons (Fsp3) is 0.571. The van der Waals surface area contributed by atoms with Crippen molar-refractivity contribution < 1.29 is 13.2 Å². The molecule has 1 aromatic carbocycles. The molecule has 0 saturated carbocycles. The maximum absolute atomic E-state index is 12.0. The minimum absolute atomic E-state index is 0.198. The first kappa shape index (κ1) is 16.1. The fourth-order valence-electron chi connectivity index (χ4n) is 2.27. The summed E-state index contributed by atoms with van der Waals surface area (Å²) in [5.74, 6) is 0. The summed E-state index contributed by atoms with van der Waals surface area (Å²) in [6.45, 7) is 1.49. The van der Waals surface area contributed by atoms with Crippen molar-refractivity contribution in [3.63, 3.8) is 0 Å². The quantitative estimate of drug-likeness (QED) is 0.805. The van der Waals surface area contributed by atoms with Crippen LogP contribution in [0.25, 0.3) is 0 Å². The lowest BCUT2D eigenvalue weighted by Gasteiger charge is -2.23. The van der Waals surface area contributed by atoms with E-state index in [0.29, 0.717) is 12.2 Å². The van der Waals surface area contributed by atoms with Gasteiger partial charge in [0.1, 0.15) is 0 Å². The topological polar surface area (TPSA) is 84.7 Å². The van der Waals surface area contributed by atoms with Crippen LogP contribution >= 0.6 is 0 Å². The van der Waals surface area contributed by atoms with E-state index in [1.807, 2.05) is 0 Å². The Morgan fingerprint density at radius 1 is 1.38 bits per heavy atom. The molecule has 1 aliphatic rings. The molecule has 1 saturated heterocycles. The van der Waals surface area contributed by atoms with Gasteiger partial charge in [-0.1, -0.05) is 0 Å². The molecule has 0 aliphatic carbocycles. The summed E-state index contributed by atoms with van der Waals surface area (Å²) < 4.78 is 30.9. The molecule has 6 nitrogen and oxygen atoms in total. The lowest BCUT2D eigenvalue weighted by molar-refractivity contribution is 0.0248. The zero-order valence-corrected chi connectivity index (χ0v) is 13.3. The molecule has 0 radical (unpaired) electrons. The van der Waals surface area contributed by atoms with Gasteiger partial charge in [0, 0.05) is 27.2 Å². The molecule has 0 bridgehead atoms. The van der Waals surface area contributed by atoms with Gasteiger partial charge in [-0.2, -0.15) is 0 Å². The Labute approximate surface area is 126 Å². The van der Waals surface area contributed by atoms with Crippen molar-refractivity contribution in [1.29, 1.82) is 0 Å². The number of benzene rings is 1. The van der Waals surface area contributed by atoms with E-state index in [9.17, 15) is 8.42 Å². The van der Waals surface area contributed by atoms with Crippen LogP contribution in [0.2, 0.25) is 0 Å². The SMILES string of the molecule is CN(C)S(=O)(=O)c1ccc(NCC2CCCCO2)c(N)c1. The third-order valence-corrected chi connectivity index (χ3v) is 5.41. The number of hydrogen-bond acceptors (Lipinski definition) is 5. The Balaban J connectivity index is 2.05. The fourth-order valence-corrected chi connectivity index (χ4v) is 3.20. The number of nitrogens with zero attached hydrogens (tertiary/aromatic N) is 1. The third kappa shape index (κ3) is 3.87. The Morgan fingerprint density at radius 2 is 2.14 bits per heavy atom. The van der Waals surface area contributed by atoms with E-state index in [0.717, 1.165) is 25.1 Å². The predicted molar refractivity (Wildman–Crippen MR) is 83.8 cm³/mol. The van der Waals surface area contributed by atoms with Gasteiger partial charge in [0.2, 0.25) is 10.0 Å². The van der Waals surface area contributed by atoms with E-state index in [-0.39, 0.29) is 11.0 Å². The monoisotopic (exact) mass is 313 g/mol. The van der Waals surface area contributed by atoms with Crippen LogP contribution in [0.5, 0.6) is 0 Å². The van der Waals surface area contributed by atoms with Crippen molar-refractivity contribution in [2.24, 2.45) is 0 Å². The van der Waals surface area contributed by atoms with Crippen LogP contribution in [-0.2, 0) is 14.8 Å². The van der Waals surface area contributed by atoms with Gasteiger partial charge in [-0.05, 0) is 37.5 Å². The lowest BCUT2D eigenvalue weighted by Crippen LogP contribution is -2.27. The Hall–Kier alpha value is -1.31. The molecule has 118 valence electrons. The molecule has 0 spiro atoms. The normalized spacial score (nSPS) is 19.7. The highest BCUT2D eigenvalue weighted by molar-refractivity contribution is 7.89. The summed E-state index contributed by atoms with van der Waals surface area (Å²) in [5.41, 5.74) is 7.11. The number of nitrogen functional groups attached to an aromatic ring is 1. The van der Waals surface area contributed by atoms with Crippen LogP contribution < -0.4 is 11.1 Å². The largest absolute Gasteiger partial charge is 0.397 e. The van der Waals surface area contributed by atoms with Crippen molar-refractivity contribution >= 4 is 21.4 Å². The summed E-state index contributed by atoms with van der Waals surface area (Å²) in [7, 11) is -0.454. The molecule has 0 amide bonds. The van der Waals surface area contributed by atoms with E-state index < -0.39 is 10.0 Å².